The summed E-state index contributed by atoms with van der Waals surface area (Å²) in [6.07, 6.45) is 0.838. The van der Waals surface area contributed by atoms with Crippen LogP contribution in [0, 0.1) is 0 Å². The topological polar surface area (TPSA) is 74.2 Å². The summed E-state index contributed by atoms with van der Waals surface area (Å²) in [5, 5.41) is 9.43. The molecule has 1 heterocycles. The van der Waals surface area contributed by atoms with Crippen molar-refractivity contribution in [1.82, 2.24) is 0 Å². The fourth-order valence-electron chi connectivity index (χ4n) is 1.74. The first-order valence-corrected chi connectivity index (χ1v) is 7.58. The van der Waals surface area contributed by atoms with Gasteiger partial charge < -0.3 is 23.6 Å². The first kappa shape index (κ1) is 15.7. The third-order valence-electron chi connectivity index (χ3n) is 2.43. The smallest absolute Gasteiger partial charge is 0.343 e. The quantitative estimate of drug-likeness (QED) is 0.680. The maximum Gasteiger partial charge on any atom is 0.343 e. The average Bonchev–Trinajstić information content (AvgIpc) is 2.73. The van der Waals surface area contributed by atoms with E-state index >= 15 is 0 Å². The third kappa shape index (κ3) is 3.80. The largest absolute Gasteiger partial charge is 0.494 e. The van der Waals surface area contributed by atoms with Crippen LogP contribution in [0.2, 0.25) is 0 Å². The highest BCUT2D eigenvalue weighted by Crippen LogP contribution is 2.56. The van der Waals surface area contributed by atoms with Gasteiger partial charge in [0.15, 0.2) is 0 Å². The van der Waals surface area contributed by atoms with E-state index in [1.807, 2.05) is 0 Å². The van der Waals surface area contributed by atoms with Gasteiger partial charge in [-0.1, -0.05) is 0 Å². The number of rotatable bonds is 8. The number of ether oxygens (including phenoxy) is 2. The molecule has 6 nitrogen and oxygen atoms in total. The molecule has 0 aromatic heterocycles. The van der Waals surface area contributed by atoms with Crippen LogP contribution in [0.25, 0.3) is 0 Å². The van der Waals surface area contributed by atoms with Crippen molar-refractivity contribution in [3.05, 3.63) is 11.8 Å². The number of methoxy groups -OCH3 is 1. The van der Waals surface area contributed by atoms with Crippen LogP contribution in [0.15, 0.2) is 11.8 Å². The molecule has 0 saturated heterocycles. The van der Waals surface area contributed by atoms with Crippen molar-refractivity contribution >= 4 is 7.60 Å². The highest BCUT2D eigenvalue weighted by Gasteiger charge is 2.41. The molecular formula is C11H21O6P. The van der Waals surface area contributed by atoms with E-state index in [-0.39, 0.29) is 26.4 Å². The van der Waals surface area contributed by atoms with Crippen molar-refractivity contribution in [3.8, 4) is 0 Å². The van der Waals surface area contributed by atoms with Gasteiger partial charge in [-0.05, 0) is 19.9 Å². The Hall–Kier alpha value is -0.390. The summed E-state index contributed by atoms with van der Waals surface area (Å²) in [7, 11) is -1.85. The van der Waals surface area contributed by atoms with Gasteiger partial charge in [0.1, 0.15) is 24.1 Å². The van der Waals surface area contributed by atoms with Crippen LogP contribution < -0.4 is 0 Å². The third-order valence-corrected chi connectivity index (χ3v) is 4.83. The highest BCUT2D eigenvalue weighted by atomic mass is 31.2. The maximum atomic E-state index is 12.7. The molecule has 1 aliphatic heterocycles. The zero-order valence-electron chi connectivity index (χ0n) is 11.0. The van der Waals surface area contributed by atoms with E-state index in [1.165, 1.54) is 13.2 Å². The Kier molecular flexibility index (Phi) is 6.32. The van der Waals surface area contributed by atoms with Gasteiger partial charge in [0.2, 0.25) is 0 Å². The van der Waals surface area contributed by atoms with Crippen molar-refractivity contribution in [1.29, 1.82) is 0 Å². The SMILES string of the molecule is CCOP(=O)(OCC)C(COC)C1=CC(O)CO1. The zero-order valence-corrected chi connectivity index (χ0v) is 11.9. The number of aliphatic hydroxyl groups excluding tert-OH is 1. The van der Waals surface area contributed by atoms with Gasteiger partial charge in [-0.2, -0.15) is 0 Å². The predicted octanol–water partition coefficient (Wildman–Crippen LogP) is 1.54. The van der Waals surface area contributed by atoms with Gasteiger partial charge in [0.25, 0.3) is 0 Å². The Morgan fingerprint density at radius 3 is 2.50 bits per heavy atom. The molecule has 0 radical (unpaired) electrons. The van der Waals surface area contributed by atoms with Crippen molar-refractivity contribution in [2.45, 2.75) is 25.6 Å². The predicted molar refractivity (Wildman–Crippen MR) is 66.6 cm³/mol. The van der Waals surface area contributed by atoms with Gasteiger partial charge in [0, 0.05) is 7.11 Å². The van der Waals surface area contributed by atoms with Gasteiger partial charge in [-0.25, -0.2) is 0 Å². The van der Waals surface area contributed by atoms with Crippen molar-refractivity contribution in [3.63, 3.8) is 0 Å². The van der Waals surface area contributed by atoms with E-state index < -0.39 is 19.4 Å². The number of hydrogen-bond donors (Lipinski definition) is 1. The van der Waals surface area contributed by atoms with Crippen LogP contribution in [-0.2, 0) is 23.1 Å². The molecular weight excluding hydrogens is 259 g/mol. The fraction of sp³-hybridized carbons (Fsp3) is 0.818. The molecule has 1 rings (SSSR count). The van der Waals surface area contributed by atoms with Crippen molar-refractivity contribution < 1.29 is 28.2 Å². The van der Waals surface area contributed by atoms with Crippen LogP contribution in [0.5, 0.6) is 0 Å². The van der Waals surface area contributed by atoms with E-state index in [2.05, 4.69) is 0 Å². The molecule has 0 fully saturated rings. The molecule has 0 saturated carbocycles. The summed E-state index contributed by atoms with van der Waals surface area (Å²) in [5.74, 6) is 0.412. The van der Waals surface area contributed by atoms with E-state index in [4.69, 9.17) is 18.5 Å². The lowest BCUT2D eigenvalue weighted by atomic mass is 10.3. The van der Waals surface area contributed by atoms with E-state index in [1.54, 1.807) is 13.8 Å². The normalized spacial score (nSPS) is 21.6. The van der Waals surface area contributed by atoms with Crippen LogP contribution in [0.1, 0.15) is 13.8 Å². The Balaban J connectivity index is 2.93. The lowest BCUT2D eigenvalue weighted by Gasteiger charge is -2.26. The number of aliphatic hydroxyl groups is 1. The summed E-state index contributed by atoms with van der Waals surface area (Å²) >= 11 is 0. The average molecular weight is 280 g/mol. The minimum atomic E-state index is -3.35. The molecule has 106 valence electrons. The van der Waals surface area contributed by atoms with Gasteiger partial charge in [-0.3, -0.25) is 4.57 Å². The second-order valence-electron chi connectivity index (χ2n) is 3.79. The zero-order chi connectivity index (χ0) is 13.6. The Labute approximate surface area is 107 Å². The van der Waals surface area contributed by atoms with Crippen LogP contribution in [-0.4, -0.2) is 50.4 Å². The maximum absolute atomic E-state index is 12.7. The minimum Gasteiger partial charge on any atom is -0.494 e. The summed E-state index contributed by atoms with van der Waals surface area (Å²) in [4.78, 5) is 0. The lowest BCUT2D eigenvalue weighted by Crippen LogP contribution is -2.21. The molecule has 1 N–H and O–H groups in total. The summed E-state index contributed by atoms with van der Waals surface area (Å²) < 4.78 is 33.6. The van der Waals surface area contributed by atoms with E-state index in [0.717, 1.165) is 0 Å². The van der Waals surface area contributed by atoms with Gasteiger partial charge in [-0.15, -0.1) is 0 Å². The number of hydrogen-bond acceptors (Lipinski definition) is 6. The molecule has 1 aliphatic rings. The summed E-state index contributed by atoms with van der Waals surface area (Å²) in [6.45, 7) is 4.34. The van der Waals surface area contributed by atoms with E-state index in [9.17, 15) is 9.67 Å². The van der Waals surface area contributed by atoms with Crippen LogP contribution in [0.4, 0.5) is 0 Å². The molecule has 0 aliphatic carbocycles. The van der Waals surface area contributed by atoms with Gasteiger partial charge >= 0.3 is 7.60 Å². The van der Waals surface area contributed by atoms with Crippen LogP contribution >= 0.6 is 7.60 Å². The van der Waals surface area contributed by atoms with Crippen molar-refractivity contribution in [2.24, 2.45) is 0 Å². The molecule has 0 spiro atoms. The molecule has 2 unspecified atom stereocenters. The standard InChI is InChI=1S/C11H21O6P/c1-4-16-18(13,17-5-2)11(8-14-3)10-6-9(12)7-15-10/h6,9,11-12H,4-5,7-8H2,1-3H3. The molecule has 2 atom stereocenters. The Morgan fingerprint density at radius 1 is 1.50 bits per heavy atom. The van der Waals surface area contributed by atoms with E-state index in [0.29, 0.717) is 5.76 Å². The molecule has 0 aromatic carbocycles. The first-order chi connectivity index (χ1) is 8.57. The summed E-state index contributed by atoms with van der Waals surface area (Å²) in [5.41, 5.74) is -0.639. The highest BCUT2D eigenvalue weighted by molar-refractivity contribution is 7.55. The van der Waals surface area contributed by atoms with Crippen LogP contribution in [0.3, 0.4) is 0 Å². The fourth-order valence-corrected chi connectivity index (χ4v) is 3.70. The lowest BCUT2D eigenvalue weighted by molar-refractivity contribution is 0.115. The Bertz CT molecular complexity index is 319. The first-order valence-electron chi connectivity index (χ1n) is 5.97. The molecule has 18 heavy (non-hydrogen) atoms. The minimum absolute atomic E-state index is 0.149. The van der Waals surface area contributed by atoms with Gasteiger partial charge in [0.05, 0.1) is 19.8 Å². The molecule has 0 bridgehead atoms. The Morgan fingerprint density at radius 2 is 2.11 bits per heavy atom. The second kappa shape index (κ2) is 7.26. The molecule has 0 amide bonds. The monoisotopic (exact) mass is 280 g/mol. The van der Waals surface area contributed by atoms with Crippen molar-refractivity contribution in [2.75, 3.05) is 33.5 Å². The second-order valence-corrected chi connectivity index (χ2v) is 6.01. The molecule has 7 heteroatoms. The summed E-state index contributed by atoms with van der Waals surface area (Å²) in [6, 6.07) is 0. The molecule has 0 aromatic rings.